The summed E-state index contributed by atoms with van der Waals surface area (Å²) >= 11 is 0. The van der Waals surface area contributed by atoms with E-state index >= 15 is 0 Å². The third kappa shape index (κ3) is 3.19. The van der Waals surface area contributed by atoms with Crippen LogP contribution in [0, 0.1) is 40.9 Å². The molecule has 1 aromatic rings. The second-order valence-corrected chi connectivity index (χ2v) is 10.8. The monoisotopic (exact) mass is 403 g/mol. The Hall–Kier alpha value is -1.23. The van der Waals surface area contributed by atoms with Crippen LogP contribution in [0.4, 0.5) is 4.39 Å². The lowest BCUT2D eigenvalue weighted by atomic mass is 9.49. The number of ketones is 1. The summed E-state index contributed by atoms with van der Waals surface area (Å²) in [6.07, 6.45) is 12.5. The lowest BCUT2D eigenvalue weighted by molar-refractivity contribution is -0.133. The Kier molecular flexibility index (Phi) is 4.88. The molecular weight excluding hydrogens is 369 g/mol. The van der Waals surface area contributed by atoms with Gasteiger partial charge in [-0.15, -0.1) is 0 Å². The number of hydrogen-bond acceptors (Lipinski definition) is 4. The maximum absolute atomic E-state index is 13.3. The van der Waals surface area contributed by atoms with Gasteiger partial charge in [0.15, 0.2) is 0 Å². The summed E-state index contributed by atoms with van der Waals surface area (Å²) in [5, 5.41) is 10.5. The van der Waals surface area contributed by atoms with Crippen molar-refractivity contribution < 1.29 is 18.7 Å². The molecule has 0 unspecified atom stereocenters. The Labute approximate surface area is 172 Å². The van der Waals surface area contributed by atoms with Crippen LogP contribution < -0.4 is 0 Å². The fourth-order valence-corrected chi connectivity index (χ4v) is 8.23. The van der Waals surface area contributed by atoms with Crippen molar-refractivity contribution in [3.63, 3.8) is 0 Å². The quantitative estimate of drug-likeness (QED) is 0.788. The first-order valence-corrected chi connectivity index (χ1v) is 11.6. The van der Waals surface area contributed by atoms with E-state index in [2.05, 4.69) is 11.9 Å². The van der Waals surface area contributed by atoms with Crippen LogP contribution in [-0.4, -0.2) is 28.1 Å². The van der Waals surface area contributed by atoms with Gasteiger partial charge in [0, 0.05) is 5.92 Å². The molecule has 4 fully saturated rings. The Bertz CT molecular complexity index is 751. The Morgan fingerprint density at radius 1 is 1.17 bits per heavy atom. The molecule has 4 aliphatic carbocycles. The van der Waals surface area contributed by atoms with E-state index < -0.39 is 12.3 Å². The van der Waals surface area contributed by atoms with Crippen molar-refractivity contribution >= 4 is 5.78 Å². The molecule has 0 bridgehead atoms. The maximum atomic E-state index is 13.3. The molecule has 4 nitrogen and oxygen atoms in total. The van der Waals surface area contributed by atoms with Gasteiger partial charge in [-0.25, -0.2) is 9.37 Å². The van der Waals surface area contributed by atoms with Crippen LogP contribution in [0.3, 0.4) is 0 Å². The van der Waals surface area contributed by atoms with Crippen molar-refractivity contribution in [3.8, 4) is 0 Å². The molecule has 29 heavy (non-hydrogen) atoms. The average Bonchev–Trinajstić information content (AvgIpc) is 3.34. The molecule has 0 amide bonds. The lowest BCUT2D eigenvalue weighted by Gasteiger charge is -2.56. The third-order valence-corrected chi connectivity index (χ3v) is 9.55. The Morgan fingerprint density at radius 2 is 2.00 bits per heavy atom. The van der Waals surface area contributed by atoms with E-state index in [4.69, 9.17) is 4.42 Å². The molecule has 0 aliphatic heterocycles. The predicted octanol–water partition coefficient (Wildman–Crippen LogP) is 4.76. The van der Waals surface area contributed by atoms with Crippen molar-refractivity contribution in [2.24, 2.45) is 40.9 Å². The number of carbonyl (C=O) groups is 1. The van der Waals surface area contributed by atoms with Crippen LogP contribution in [-0.2, 0) is 11.2 Å². The lowest BCUT2D eigenvalue weighted by Crippen LogP contribution is -2.52. The maximum Gasteiger partial charge on any atom is 0.201 e. The van der Waals surface area contributed by atoms with Crippen LogP contribution in [0.2, 0.25) is 0 Å². The number of hydrogen-bond donors (Lipinski definition) is 1. The van der Waals surface area contributed by atoms with E-state index in [0.717, 1.165) is 32.1 Å². The molecule has 4 saturated carbocycles. The zero-order chi connectivity index (χ0) is 20.2. The summed E-state index contributed by atoms with van der Waals surface area (Å²) in [6, 6.07) is 0. The van der Waals surface area contributed by atoms with Crippen LogP contribution in [0.15, 0.2) is 16.9 Å². The largest absolute Gasteiger partial charge is 0.449 e. The number of Topliss-reactive ketones (excluding diaryl/α,β-unsaturated/α-hetero) is 1. The predicted molar refractivity (Wildman–Crippen MR) is 107 cm³/mol. The Morgan fingerprint density at radius 3 is 2.76 bits per heavy atom. The van der Waals surface area contributed by atoms with E-state index in [1.54, 1.807) is 12.5 Å². The molecule has 160 valence electrons. The summed E-state index contributed by atoms with van der Waals surface area (Å²) in [5.74, 6) is 4.13. The first-order chi connectivity index (χ1) is 13.9. The van der Waals surface area contributed by atoms with Crippen LogP contribution in [0.5, 0.6) is 0 Å². The van der Waals surface area contributed by atoms with Crippen LogP contribution in [0.1, 0.15) is 70.6 Å². The van der Waals surface area contributed by atoms with Gasteiger partial charge >= 0.3 is 0 Å². The van der Waals surface area contributed by atoms with E-state index in [0.29, 0.717) is 60.5 Å². The highest BCUT2D eigenvalue weighted by molar-refractivity contribution is 5.83. The number of halogens is 1. The van der Waals surface area contributed by atoms with Gasteiger partial charge in [-0.3, -0.25) is 4.79 Å². The molecule has 0 saturated heterocycles. The standard InChI is InChI=1S/C24H34FNO3/c1-23-8-6-17-16-7-9-24(28,14-25)13-15(16)2-3-18(17)19(23)4-5-20(23)21(27)12-22-26-10-11-29-22/h10-11,15-20,28H,2-9,12-14H2,1H3/t15-,16-,17+,18+,19-,20+,23-,24+/m0/s1. The first kappa shape index (κ1) is 19.7. The van der Waals surface area contributed by atoms with E-state index in [9.17, 15) is 14.3 Å². The minimum atomic E-state index is -1.07. The molecule has 8 atom stereocenters. The normalized spacial score (nSPS) is 46.6. The number of rotatable bonds is 4. The summed E-state index contributed by atoms with van der Waals surface area (Å²) in [7, 11) is 0. The van der Waals surface area contributed by atoms with Gasteiger partial charge < -0.3 is 9.52 Å². The number of aromatic nitrogens is 1. The van der Waals surface area contributed by atoms with Crippen molar-refractivity contribution in [1.29, 1.82) is 0 Å². The fourth-order valence-electron chi connectivity index (χ4n) is 8.23. The SMILES string of the molecule is C[C@]12CC[C@H]3[C@@H](CC[C@H]4C[C@@](O)(CF)CC[C@@H]43)[C@@H]1CC[C@@H]2C(=O)Cc1ncco1. The summed E-state index contributed by atoms with van der Waals surface area (Å²) in [6.45, 7) is 1.77. The second kappa shape index (κ2) is 7.18. The van der Waals surface area contributed by atoms with Crippen molar-refractivity contribution in [1.82, 2.24) is 4.98 Å². The summed E-state index contributed by atoms with van der Waals surface area (Å²) < 4.78 is 18.7. The number of nitrogens with zero attached hydrogens (tertiary/aromatic N) is 1. The Balaban J connectivity index is 1.31. The van der Waals surface area contributed by atoms with Gasteiger partial charge in [-0.05, 0) is 92.8 Å². The van der Waals surface area contributed by atoms with E-state index in [1.807, 2.05) is 0 Å². The van der Waals surface area contributed by atoms with Gasteiger partial charge in [0.25, 0.3) is 0 Å². The van der Waals surface area contributed by atoms with Gasteiger partial charge in [-0.1, -0.05) is 6.92 Å². The van der Waals surface area contributed by atoms with Gasteiger partial charge in [0.1, 0.15) is 18.7 Å². The van der Waals surface area contributed by atoms with Crippen molar-refractivity contribution in [2.75, 3.05) is 6.67 Å². The molecular formula is C24H34FNO3. The smallest absolute Gasteiger partial charge is 0.201 e. The summed E-state index contributed by atoms with van der Waals surface area (Å²) in [5.41, 5.74) is -0.964. The molecule has 0 radical (unpaired) electrons. The van der Waals surface area contributed by atoms with Gasteiger partial charge in [-0.2, -0.15) is 0 Å². The molecule has 1 heterocycles. The highest BCUT2D eigenvalue weighted by atomic mass is 19.1. The molecule has 5 rings (SSSR count). The van der Waals surface area contributed by atoms with Crippen molar-refractivity contribution in [2.45, 2.75) is 76.7 Å². The summed E-state index contributed by atoms with van der Waals surface area (Å²) in [4.78, 5) is 17.3. The zero-order valence-electron chi connectivity index (χ0n) is 17.5. The number of oxazole rings is 1. The topological polar surface area (TPSA) is 63.3 Å². The van der Waals surface area contributed by atoms with E-state index in [-0.39, 0.29) is 11.3 Å². The van der Waals surface area contributed by atoms with E-state index in [1.165, 1.54) is 12.8 Å². The average molecular weight is 404 g/mol. The fraction of sp³-hybridized carbons (Fsp3) is 0.833. The molecule has 4 aliphatic rings. The highest BCUT2D eigenvalue weighted by Gasteiger charge is 2.59. The van der Waals surface area contributed by atoms with Crippen LogP contribution >= 0.6 is 0 Å². The molecule has 0 spiro atoms. The minimum Gasteiger partial charge on any atom is -0.449 e. The van der Waals surface area contributed by atoms with Gasteiger partial charge in [0.05, 0.1) is 18.2 Å². The van der Waals surface area contributed by atoms with Gasteiger partial charge in [0.2, 0.25) is 5.89 Å². The molecule has 1 aromatic heterocycles. The third-order valence-electron chi connectivity index (χ3n) is 9.55. The molecule has 5 heteroatoms. The zero-order valence-corrected chi connectivity index (χ0v) is 17.5. The minimum absolute atomic E-state index is 0.103. The van der Waals surface area contributed by atoms with Crippen LogP contribution in [0.25, 0.3) is 0 Å². The highest BCUT2D eigenvalue weighted by Crippen LogP contribution is 2.64. The number of carbonyl (C=O) groups excluding carboxylic acids is 1. The molecule has 0 aromatic carbocycles. The first-order valence-electron chi connectivity index (χ1n) is 11.6. The number of fused-ring (bicyclic) bond motifs is 5. The number of alkyl halides is 1. The number of aliphatic hydroxyl groups is 1. The second-order valence-electron chi connectivity index (χ2n) is 10.8. The molecule has 1 N–H and O–H groups in total. The van der Waals surface area contributed by atoms with Crippen molar-refractivity contribution in [3.05, 3.63) is 18.4 Å².